The largest absolute Gasteiger partial charge is 0.381 e. The second-order valence-electron chi connectivity index (χ2n) is 9.99. The molecule has 4 rings (SSSR count). The maximum atomic E-state index is 12.9. The van der Waals surface area contributed by atoms with Gasteiger partial charge in [0.25, 0.3) is 5.91 Å². The van der Waals surface area contributed by atoms with Gasteiger partial charge in [-0.05, 0) is 67.8 Å². The number of likely N-dealkylation sites (N-methyl/N-ethyl adjacent to an activating group) is 1. The monoisotopic (exact) mass is 447 g/mol. The minimum atomic E-state index is -0.349. The Kier molecular flexibility index (Phi) is 6.68. The normalized spacial score (nSPS) is 19.4. The molecule has 1 aromatic carbocycles. The summed E-state index contributed by atoms with van der Waals surface area (Å²) in [6.45, 7) is 7.00. The molecule has 7 heteroatoms. The van der Waals surface area contributed by atoms with Crippen LogP contribution in [0.15, 0.2) is 30.5 Å². The average Bonchev–Trinajstić information content (AvgIpc) is 3.30. The first-order chi connectivity index (χ1) is 15.9. The topological polar surface area (TPSA) is 103 Å². The molecule has 2 heterocycles. The number of nitrogens with zero attached hydrogens (tertiary/aromatic N) is 2. The summed E-state index contributed by atoms with van der Waals surface area (Å²) < 4.78 is 5.67. The molecule has 1 aliphatic carbocycles. The van der Waals surface area contributed by atoms with Crippen molar-refractivity contribution in [3.05, 3.63) is 53.1 Å². The van der Waals surface area contributed by atoms with Crippen molar-refractivity contribution in [2.24, 2.45) is 5.41 Å². The quantitative estimate of drug-likeness (QED) is 0.609. The zero-order valence-electron chi connectivity index (χ0n) is 19.8. The van der Waals surface area contributed by atoms with Gasteiger partial charge in [-0.2, -0.15) is 5.26 Å². The smallest absolute Gasteiger partial charge is 0.291 e. The van der Waals surface area contributed by atoms with Crippen LogP contribution in [0.2, 0.25) is 0 Å². The van der Waals surface area contributed by atoms with E-state index in [-0.39, 0.29) is 22.8 Å². The molecule has 2 aliphatic rings. The summed E-state index contributed by atoms with van der Waals surface area (Å²) in [6, 6.07) is 8.40. The predicted octanol–water partition coefficient (Wildman–Crippen LogP) is 4.39. The van der Waals surface area contributed by atoms with Gasteiger partial charge in [-0.25, -0.2) is 4.98 Å². The summed E-state index contributed by atoms with van der Waals surface area (Å²) in [4.78, 5) is 19.7. The summed E-state index contributed by atoms with van der Waals surface area (Å²) in [7, 11) is 2.00. The second kappa shape index (κ2) is 9.50. The van der Waals surface area contributed by atoms with Gasteiger partial charge >= 0.3 is 0 Å². The van der Waals surface area contributed by atoms with E-state index >= 15 is 0 Å². The van der Waals surface area contributed by atoms with E-state index in [1.54, 1.807) is 0 Å². The lowest BCUT2D eigenvalue weighted by Gasteiger charge is -2.38. The molecular formula is C26H33N5O2. The summed E-state index contributed by atoms with van der Waals surface area (Å²) in [5, 5.41) is 15.4. The number of hydrogen-bond donors (Lipinski definition) is 3. The fourth-order valence-electron chi connectivity index (χ4n) is 4.91. The van der Waals surface area contributed by atoms with E-state index in [1.807, 2.05) is 19.2 Å². The van der Waals surface area contributed by atoms with Crippen molar-refractivity contribution >= 4 is 17.2 Å². The van der Waals surface area contributed by atoms with E-state index in [2.05, 4.69) is 52.7 Å². The number of ether oxygens (including phenoxy) is 1. The van der Waals surface area contributed by atoms with Gasteiger partial charge in [0, 0.05) is 36.4 Å². The molecule has 33 heavy (non-hydrogen) atoms. The summed E-state index contributed by atoms with van der Waals surface area (Å²) in [5.74, 6) is -0.213. The Balaban J connectivity index is 1.72. The first kappa shape index (κ1) is 23.2. The number of carbonyl (C=O) groups is 1. The first-order valence-electron chi connectivity index (χ1n) is 11.7. The number of nitrogens with one attached hydrogen (secondary N) is 3. The lowest BCUT2D eigenvalue weighted by molar-refractivity contribution is 0.0506. The van der Waals surface area contributed by atoms with Crippen LogP contribution in [0.25, 0.3) is 5.57 Å². The van der Waals surface area contributed by atoms with Gasteiger partial charge in [-0.1, -0.05) is 26.0 Å². The van der Waals surface area contributed by atoms with Crippen LogP contribution in [-0.2, 0) is 10.2 Å². The van der Waals surface area contributed by atoms with Gasteiger partial charge < -0.3 is 20.4 Å². The Bertz CT molecular complexity index is 1080. The van der Waals surface area contributed by atoms with Crippen molar-refractivity contribution in [1.82, 2.24) is 15.3 Å². The molecule has 0 bridgehead atoms. The van der Waals surface area contributed by atoms with Crippen molar-refractivity contribution < 1.29 is 9.53 Å². The number of aromatic amines is 1. The average molecular weight is 448 g/mol. The molecule has 1 aromatic heterocycles. The van der Waals surface area contributed by atoms with E-state index in [0.29, 0.717) is 5.41 Å². The molecule has 174 valence electrons. The number of benzene rings is 1. The van der Waals surface area contributed by atoms with Gasteiger partial charge in [-0.15, -0.1) is 0 Å². The number of rotatable bonds is 6. The van der Waals surface area contributed by atoms with Crippen LogP contribution in [0, 0.1) is 16.7 Å². The minimum Gasteiger partial charge on any atom is -0.381 e. The third kappa shape index (κ3) is 5.02. The molecule has 3 N–H and O–H groups in total. The Morgan fingerprint density at radius 2 is 2.06 bits per heavy atom. The number of allylic oxidation sites excluding steroid dienone is 2. The Morgan fingerprint density at radius 1 is 1.27 bits per heavy atom. The number of carbonyl (C=O) groups excluding carboxylic acids is 1. The highest BCUT2D eigenvalue weighted by Crippen LogP contribution is 2.42. The number of anilines is 1. The molecule has 1 fully saturated rings. The number of nitriles is 1. The predicted molar refractivity (Wildman–Crippen MR) is 129 cm³/mol. The zero-order chi connectivity index (χ0) is 23.5. The van der Waals surface area contributed by atoms with E-state index in [4.69, 9.17) is 10.00 Å². The highest BCUT2D eigenvalue weighted by atomic mass is 16.5. The molecule has 1 amide bonds. The number of hydrogen-bond acceptors (Lipinski definition) is 5. The molecule has 0 atom stereocenters. The van der Waals surface area contributed by atoms with Crippen molar-refractivity contribution in [2.75, 3.05) is 32.1 Å². The van der Waals surface area contributed by atoms with E-state index in [0.717, 1.165) is 63.1 Å². The van der Waals surface area contributed by atoms with Crippen molar-refractivity contribution in [3.8, 4) is 6.07 Å². The zero-order valence-corrected chi connectivity index (χ0v) is 19.8. The van der Waals surface area contributed by atoms with Gasteiger partial charge in [0.05, 0.1) is 6.20 Å². The van der Waals surface area contributed by atoms with Crippen molar-refractivity contribution in [3.63, 3.8) is 0 Å². The molecule has 0 radical (unpaired) electrons. The van der Waals surface area contributed by atoms with Crippen LogP contribution in [-0.4, -0.2) is 42.7 Å². The molecule has 0 spiro atoms. The third-order valence-electron chi connectivity index (χ3n) is 7.07. The number of aromatic nitrogens is 2. The molecule has 7 nitrogen and oxygen atoms in total. The van der Waals surface area contributed by atoms with Crippen LogP contribution >= 0.6 is 0 Å². The maximum Gasteiger partial charge on any atom is 0.291 e. The summed E-state index contributed by atoms with van der Waals surface area (Å²) in [5.41, 5.74) is 4.98. The fraction of sp³-hybridized carbons (Fsp3) is 0.500. The van der Waals surface area contributed by atoms with Crippen LogP contribution in [0.3, 0.4) is 0 Å². The Labute approximate surface area is 195 Å². The summed E-state index contributed by atoms with van der Waals surface area (Å²) >= 11 is 0. The molecule has 0 unspecified atom stereocenters. The SMILES string of the molecule is CNCC1(c2ccc(NC(=O)c3ncc(C#N)[nH]3)c(C3=CCC(C)(C)CC3)c2)CCOCC1. The number of imidazole rings is 1. The Hall–Kier alpha value is -2.95. The Morgan fingerprint density at radius 3 is 2.70 bits per heavy atom. The van der Waals surface area contributed by atoms with Crippen LogP contribution in [0.4, 0.5) is 5.69 Å². The minimum absolute atomic E-state index is 0.0154. The fourth-order valence-corrected chi connectivity index (χ4v) is 4.91. The van der Waals surface area contributed by atoms with E-state index in [9.17, 15) is 4.79 Å². The van der Waals surface area contributed by atoms with Crippen molar-refractivity contribution in [1.29, 1.82) is 5.26 Å². The second-order valence-corrected chi connectivity index (χ2v) is 9.99. The molecule has 2 aromatic rings. The van der Waals surface area contributed by atoms with Gasteiger partial charge in [0.15, 0.2) is 5.82 Å². The van der Waals surface area contributed by atoms with Gasteiger partial charge in [-0.3, -0.25) is 4.79 Å². The van der Waals surface area contributed by atoms with E-state index in [1.165, 1.54) is 17.3 Å². The third-order valence-corrected chi connectivity index (χ3v) is 7.07. The highest BCUT2D eigenvalue weighted by Gasteiger charge is 2.35. The van der Waals surface area contributed by atoms with E-state index < -0.39 is 0 Å². The molecule has 1 saturated heterocycles. The standard InChI is InChI=1S/C26H33N5O2/c1-25(2)8-6-18(7-9-25)21-14-19(26(17-28-3)10-12-33-13-11-26)4-5-22(21)31-24(32)23-29-16-20(15-27)30-23/h4-6,14,16,28H,7-13,17H2,1-3H3,(H,29,30)(H,31,32). The lowest BCUT2D eigenvalue weighted by atomic mass is 9.72. The van der Waals surface area contributed by atoms with Gasteiger partial charge in [0.1, 0.15) is 11.8 Å². The van der Waals surface area contributed by atoms with Crippen molar-refractivity contribution in [2.45, 2.75) is 51.4 Å². The van der Waals surface area contributed by atoms with Crippen LogP contribution in [0.5, 0.6) is 0 Å². The summed E-state index contributed by atoms with van der Waals surface area (Å²) in [6.07, 6.45) is 8.73. The van der Waals surface area contributed by atoms with Gasteiger partial charge in [0.2, 0.25) is 0 Å². The molecule has 0 saturated carbocycles. The van der Waals surface area contributed by atoms with Crippen LogP contribution < -0.4 is 10.6 Å². The molecule has 1 aliphatic heterocycles. The highest BCUT2D eigenvalue weighted by molar-refractivity contribution is 6.03. The molecular weight excluding hydrogens is 414 g/mol. The number of H-pyrrole nitrogens is 1. The lowest BCUT2D eigenvalue weighted by Crippen LogP contribution is -2.41. The number of amides is 1. The maximum absolute atomic E-state index is 12.9. The first-order valence-corrected chi connectivity index (χ1v) is 11.7. The van der Waals surface area contributed by atoms with Crippen LogP contribution in [0.1, 0.15) is 73.4 Å².